The number of rotatable bonds is 9. The van der Waals surface area contributed by atoms with Crippen molar-refractivity contribution < 1.29 is 4.79 Å². The van der Waals surface area contributed by atoms with Crippen LogP contribution in [-0.4, -0.2) is 46.3 Å². The average molecular weight is 281 g/mol. The van der Waals surface area contributed by atoms with Gasteiger partial charge in [0.15, 0.2) is 0 Å². The van der Waals surface area contributed by atoms with E-state index in [1.807, 2.05) is 17.8 Å². The maximum atomic E-state index is 11.8. The third-order valence-electron chi connectivity index (χ3n) is 3.38. The molecular formula is C14H27N5O. The molecule has 1 atom stereocenters. The van der Waals surface area contributed by atoms with Crippen molar-refractivity contribution in [3.05, 3.63) is 12.4 Å². The summed E-state index contributed by atoms with van der Waals surface area (Å²) in [6.07, 6.45) is 5.11. The van der Waals surface area contributed by atoms with Gasteiger partial charge in [-0.05, 0) is 19.5 Å². The molecular weight excluding hydrogens is 254 g/mol. The number of hydrogen-bond acceptors (Lipinski definition) is 4. The SMILES string of the molecule is CCCC(N)C(=O)Nc1cnn(CCN(CC)CC)c1. The van der Waals surface area contributed by atoms with Gasteiger partial charge >= 0.3 is 0 Å². The fourth-order valence-corrected chi connectivity index (χ4v) is 2.01. The highest BCUT2D eigenvalue weighted by atomic mass is 16.2. The molecule has 114 valence electrons. The lowest BCUT2D eigenvalue weighted by Gasteiger charge is -2.17. The molecule has 0 aliphatic carbocycles. The van der Waals surface area contributed by atoms with Crippen LogP contribution in [0, 0.1) is 0 Å². The number of nitrogens with two attached hydrogens (primary N) is 1. The third kappa shape index (κ3) is 5.30. The van der Waals surface area contributed by atoms with E-state index in [2.05, 4.69) is 29.2 Å². The predicted octanol–water partition coefficient (Wildman–Crippen LogP) is 1.29. The van der Waals surface area contributed by atoms with E-state index in [1.54, 1.807) is 6.20 Å². The molecule has 20 heavy (non-hydrogen) atoms. The Kier molecular flexibility index (Phi) is 7.25. The largest absolute Gasteiger partial charge is 0.322 e. The highest BCUT2D eigenvalue weighted by molar-refractivity contribution is 5.94. The molecule has 1 amide bonds. The summed E-state index contributed by atoms with van der Waals surface area (Å²) in [6.45, 7) is 10.1. The molecule has 1 rings (SSSR count). The maximum absolute atomic E-state index is 11.8. The van der Waals surface area contributed by atoms with Gasteiger partial charge in [0.2, 0.25) is 5.91 Å². The first-order valence-electron chi connectivity index (χ1n) is 7.41. The Labute approximate surface area is 121 Å². The number of amides is 1. The Hall–Kier alpha value is -1.40. The standard InChI is InChI=1S/C14H27N5O/c1-4-7-13(15)14(20)17-12-10-16-19(11-12)9-8-18(5-2)6-3/h10-11,13H,4-9,15H2,1-3H3,(H,17,20). The number of nitrogens with one attached hydrogen (secondary N) is 1. The van der Waals surface area contributed by atoms with Crippen molar-refractivity contribution in [3.8, 4) is 0 Å². The number of carbonyl (C=O) groups is 1. The predicted molar refractivity (Wildman–Crippen MR) is 81.5 cm³/mol. The molecule has 6 nitrogen and oxygen atoms in total. The van der Waals surface area contributed by atoms with Crippen LogP contribution in [0.3, 0.4) is 0 Å². The van der Waals surface area contributed by atoms with Crippen LogP contribution in [0.25, 0.3) is 0 Å². The summed E-state index contributed by atoms with van der Waals surface area (Å²) in [4.78, 5) is 14.1. The van der Waals surface area contributed by atoms with E-state index < -0.39 is 6.04 Å². The molecule has 6 heteroatoms. The van der Waals surface area contributed by atoms with Crippen LogP contribution in [0.5, 0.6) is 0 Å². The van der Waals surface area contributed by atoms with Crippen LogP contribution >= 0.6 is 0 Å². The van der Waals surface area contributed by atoms with E-state index in [0.717, 1.165) is 32.6 Å². The molecule has 0 fully saturated rings. The van der Waals surface area contributed by atoms with E-state index in [4.69, 9.17) is 5.73 Å². The van der Waals surface area contributed by atoms with Gasteiger partial charge in [-0.15, -0.1) is 0 Å². The van der Waals surface area contributed by atoms with Crippen molar-refractivity contribution in [1.29, 1.82) is 0 Å². The van der Waals surface area contributed by atoms with E-state index in [9.17, 15) is 4.79 Å². The Balaban J connectivity index is 2.45. The number of anilines is 1. The van der Waals surface area contributed by atoms with Gasteiger partial charge in [0.25, 0.3) is 0 Å². The molecule has 0 aliphatic heterocycles. The molecule has 0 radical (unpaired) electrons. The Morgan fingerprint density at radius 1 is 1.45 bits per heavy atom. The number of nitrogens with zero attached hydrogens (tertiary/aromatic N) is 3. The lowest BCUT2D eigenvalue weighted by molar-refractivity contribution is -0.117. The molecule has 0 aromatic carbocycles. The van der Waals surface area contributed by atoms with Crippen LogP contribution in [0.2, 0.25) is 0 Å². The summed E-state index contributed by atoms with van der Waals surface area (Å²) in [5, 5.41) is 7.05. The second-order valence-corrected chi connectivity index (χ2v) is 4.90. The van der Waals surface area contributed by atoms with Gasteiger partial charge in [0, 0.05) is 12.7 Å². The molecule has 0 aliphatic rings. The van der Waals surface area contributed by atoms with Gasteiger partial charge in [0.1, 0.15) is 0 Å². The highest BCUT2D eigenvalue weighted by Gasteiger charge is 2.13. The van der Waals surface area contributed by atoms with Crippen LogP contribution in [0.15, 0.2) is 12.4 Å². The van der Waals surface area contributed by atoms with Gasteiger partial charge in [-0.3, -0.25) is 9.48 Å². The molecule has 1 aromatic rings. The van der Waals surface area contributed by atoms with Gasteiger partial charge in [-0.2, -0.15) is 5.10 Å². The Bertz CT molecular complexity index is 400. The van der Waals surface area contributed by atoms with E-state index in [-0.39, 0.29) is 5.91 Å². The molecule has 0 spiro atoms. The Morgan fingerprint density at radius 3 is 2.75 bits per heavy atom. The van der Waals surface area contributed by atoms with Crippen molar-refractivity contribution in [1.82, 2.24) is 14.7 Å². The van der Waals surface area contributed by atoms with Crippen molar-refractivity contribution in [2.45, 2.75) is 46.2 Å². The lowest BCUT2D eigenvalue weighted by atomic mass is 10.2. The highest BCUT2D eigenvalue weighted by Crippen LogP contribution is 2.06. The molecule has 0 bridgehead atoms. The van der Waals surface area contributed by atoms with E-state index in [0.29, 0.717) is 12.1 Å². The van der Waals surface area contributed by atoms with Crippen molar-refractivity contribution >= 4 is 11.6 Å². The molecule has 3 N–H and O–H groups in total. The van der Waals surface area contributed by atoms with Gasteiger partial charge < -0.3 is 16.0 Å². The van der Waals surface area contributed by atoms with Crippen LogP contribution in [-0.2, 0) is 11.3 Å². The Morgan fingerprint density at radius 2 is 2.15 bits per heavy atom. The first-order chi connectivity index (χ1) is 9.60. The lowest BCUT2D eigenvalue weighted by Crippen LogP contribution is -2.35. The zero-order chi connectivity index (χ0) is 15.0. The van der Waals surface area contributed by atoms with Gasteiger partial charge in [-0.1, -0.05) is 27.2 Å². The number of carbonyl (C=O) groups excluding carboxylic acids is 1. The number of aromatic nitrogens is 2. The van der Waals surface area contributed by atoms with Gasteiger partial charge in [0.05, 0.1) is 24.5 Å². The smallest absolute Gasteiger partial charge is 0.241 e. The zero-order valence-corrected chi connectivity index (χ0v) is 12.8. The first kappa shape index (κ1) is 16.7. The molecule has 0 saturated heterocycles. The minimum Gasteiger partial charge on any atom is -0.322 e. The minimum atomic E-state index is -0.445. The fraction of sp³-hybridized carbons (Fsp3) is 0.714. The summed E-state index contributed by atoms with van der Waals surface area (Å²) >= 11 is 0. The van der Waals surface area contributed by atoms with E-state index >= 15 is 0 Å². The monoisotopic (exact) mass is 281 g/mol. The fourth-order valence-electron chi connectivity index (χ4n) is 2.01. The quantitative estimate of drug-likeness (QED) is 0.715. The van der Waals surface area contributed by atoms with Crippen LogP contribution < -0.4 is 11.1 Å². The second-order valence-electron chi connectivity index (χ2n) is 4.90. The van der Waals surface area contributed by atoms with Crippen molar-refractivity contribution in [2.24, 2.45) is 5.73 Å². The zero-order valence-electron chi connectivity index (χ0n) is 12.8. The first-order valence-corrected chi connectivity index (χ1v) is 7.41. The van der Waals surface area contributed by atoms with Crippen molar-refractivity contribution in [2.75, 3.05) is 25.0 Å². The average Bonchev–Trinajstić information content (AvgIpc) is 2.87. The summed E-state index contributed by atoms with van der Waals surface area (Å²) in [5.41, 5.74) is 6.48. The summed E-state index contributed by atoms with van der Waals surface area (Å²) in [5.74, 6) is -0.143. The van der Waals surface area contributed by atoms with Gasteiger partial charge in [-0.25, -0.2) is 0 Å². The minimum absolute atomic E-state index is 0.143. The summed E-state index contributed by atoms with van der Waals surface area (Å²) < 4.78 is 1.85. The summed E-state index contributed by atoms with van der Waals surface area (Å²) in [6, 6.07) is -0.445. The summed E-state index contributed by atoms with van der Waals surface area (Å²) in [7, 11) is 0. The molecule has 0 saturated carbocycles. The molecule has 1 heterocycles. The van der Waals surface area contributed by atoms with Crippen LogP contribution in [0.1, 0.15) is 33.6 Å². The van der Waals surface area contributed by atoms with E-state index in [1.165, 1.54) is 0 Å². The number of likely N-dealkylation sites (N-methyl/N-ethyl adjacent to an activating group) is 1. The maximum Gasteiger partial charge on any atom is 0.241 e. The second kappa shape index (κ2) is 8.71. The van der Waals surface area contributed by atoms with Crippen LogP contribution in [0.4, 0.5) is 5.69 Å². The third-order valence-corrected chi connectivity index (χ3v) is 3.38. The topological polar surface area (TPSA) is 76.2 Å². The normalized spacial score (nSPS) is 12.7. The number of hydrogen-bond donors (Lipinski definition) is 2. The van der Waals surface area contributed by atoms with Crippen molar-refractivity contribution in [3.63, 3.8) is 0 Å². The molecule has 1 aromatic heterocycles. The molecule has 1 unspecified atom stereocenters.